The minimum Gasteiger partial charge on any atom is -0.456 e. The van der Waals surface area contributed by atoms with Crippen molar-refractivity contribution in [1.82, 2.24) is 9.97 Å². The maximum absolute atomic E-state index is 12.4. The summed E-state index contributed by atoms with van der Waals surface area (Å²) in [5.74, 6) is -0.408. The molecule has 0 saturated heterocycles. The molecule has 118 valence electrons. The molecule has 0 aliphatic heterocycles. The van der Waals surface area contributed by atoms with Crippen molar-refractivity contribution in [3.63, 3.8) is 0 Å². The Hall–Kier alpha value is -3.14. The first-order valence-electron chi connectivity index (χ1n) is 7.81. The van der Waals surface area contributed by atoms with Crippen LogP contribution in [0.1, 0.15) is 21.7 Å². The fourth-order valence-corrected chi connectivity index (χ4v) is 2.91. The zero-order chi connectivity index (χ0) is 16.5. The van der Waals surface area contributed by atoms with E-state index < -0.39 is 5.97 Å². The number of benzene rings is 2. The van der Waals surface area contributed by atoms with Gasteiger partial charge < -0.3 is 9.72 Å². The quantitative estimate of drug-likeness (QED) is 0.571. The van der Waals surface area contributed by atoms with E-state index in [1.807, 2.05) is 61.5 Å². The Morgan fingerprint density at radius 2 is 1.79 bits per heavy atom. The van der Waals surface area contributed by atoms with Gasteiger partial charge in [-0.2, -0.15) is 0 Å². The summed E-state index contributed by atoms with van der Waals surface area (Å²) in [5.41, 5.74) is 4.06. The zero-order valence-corrected chi connectivity index (χ0v) is 13.2. The van der Waals surface area contributed by atoms with Gasteiger partial charge in [-0.1, -0.05) is 48.5 Å². The van der Waals surface area contributed by atoms with Crippen LogP contribution in [0.25, 0.3) is 21.8 Å². The number of aromatic nitrogens is 2. The number of H-pyrrole nitrogens is 1. The third-order valence-electron chi connectivity index (χ3n) is 4.10. The van der Waals surface area contributed by atoms with Crippen molar-refractivity contribution in [2.75, 3.05) is 0 Å². The van der Waals surface area contributed by atoms with Crippen LogP contribution in [0.4, 0.5) is 0 Å². The maximum atomic E-state index is 12.4. The van der Waals surface area contributed by atoms with E-state index in [0.29, 0.717) is 5.69 Å². The molecule has 24 heavy (non-hydrogen) atoms. The molecule has 0 fully saturated rings. The van der Waals surface area contributed by atoms with Gasteiger partial charge >= 0.3 is 5.97 Å². The molecule has 0 radical (unpaired) electrons. The van der Waals surface area contributed by atoms with Crippen molar-refractivity contribution in [2.45, 2.75) is 13.5 Å². The van der Waals surface area contributed by atoms with Crippen LogP contribution in [0.15, 0.2) is 60.7 Å². The summed E-state index contributed by atoms with van der Waals surface area (Å²) in [4.78, 5) is 20.1. The number of ether oxygens (including phenoxy) is 1. The lowest BCUT2D eigenvalue weighted by Crippen LogP contribution is -2.08. The van der Waals surface area contributed by atoms with Gasteiger partial charge in [0.25, 0.3) is 0 Å². The zero-order valence-electron chi connectivity index (χ0n) is 13.2. The van der Waals surface area contributed by atoms with Crippen molar-refractivity contribution >= 4 is 27.8 Å². The Morgan fingerprint density at radius 3 is 2.62 bits per heavy atom. The molecule has 4 heteroatoms. The molecule has 0 atom stereocenters. The molecule has 4 nitrogen and oxygen atoms in total. The second kappa shape index (κ2) is 5.81. The van der Waals surface area contributed by atoms with Crippen LogP contribution in [0.3, 0.4) is 0 Å². The monoisotopic (exact) mass is 316 g/mol. The molecule has 0 aliphatic carbocycles. The molecular weight excluding hydrogens is 300 g/mol. The molecule has 4 rings (SSSR count). The number of hydrogen-bond acceptors (Lipinski definition) is 3. The number of fused-ring (bicyclic) bond motifs is 3. The summed E-state index contributed by atoms with van der Waals surface area (Å²) >= 11 is 0. The van der Waals surface area contributed by atoms with Gasteiger partial charge in [-0.15, -0.1) is 0 Å². The molecule has 0 aliphatic rings. The van der Waals surface area contributed by atoms with Crippen molar-refractivity contribution in [3.8, 4) is 0 Å². The molecule has 0 amide bonds. The molecule has 0 unspecified atom stereocenters. The van der Waals surface area contributed by atoms with Crippen molar-refractivity contribution < 1.29 is 9.53 Å². The number of aromatic amines is 1. The van der Waals surface area contributed by atoms with Crippen molar-refractivity contribution in [2.24, 2.45) is 0 Å². The standard InChI is InChI=1S/C20H16N2O2/c1-13-19-16(15-9-5-6-10-17(15)22-19)11-18(21-13)20(23)24-12-14-7-3-2-4-8-14/h2-11,22H,12H2,1H3. The Labute approximate surface area is 139 Å². The average Bonchev–Trinajstić information content (AvgIpc) is 3.00. The van der Waals surface area contributed by atoms with Crippen LogP contribution in [-0.4, -0.2) is 15.9 Å². The van der Waals surface area contributed by atoms with E-state index in [-0.39, 0.29) is 6.61 Å². The first-order chi connectivity index (χ1) is 11.7. The van der Waals surface area contributed by atoms with E-state index in [4.69, 9.17) is 4.74 Å². The minimum absolute atomic E-state index is 0.242. The molecule has 0 saturated carbocycles. The second-order valence-electron chi connectivity index (χ2n) is 5.75. The summed E-state index contributed by atoms with van der Waals surface area (Å²) < 4.78 is 5.40. The largest absolute Gasteiger partial charge is 0.456 e. The highest BCUT2D eigenvalue weighted by Gasteiger charge is 2.15. The average molecular weight is 316 g/mol. The van der Waals surface area contributed by atoms with Gasteiger partial charge in [-0.3, -0.25) is 0 Å². The van der Waals surface area contributed by atoms with E-state index >= 15 is 0 Å². The van der Waals surface area contributed by atoms with Crippen LogP contribution >= 0.6 is 0 Å². The molecule has 2 aromatic carbocycles. The Balaban J connectivity index is 1.68. The van der Waals surface area contributed by atoms with Crippen LogP contribution in [-0.2, 0) is 11.3 Å². The first-order valence-corrected chi connectivity index (χ1v) is 7.81. The number of esters is 1. The third kappa shape index (κ3) is 2.52. The van der Waals surface area contributed by atoms with Crippen LogP contribution in [0.2, 0.25) is 0 Å². The molecule has 1 N–H and O–H groups in total. The van der Waals surface area contributed by atoms with E-state index in [9.17, 15) is 4.79 Å². The molecule has 0 bridgehead atoms. The lowest BCUT2D eigenvalue weighted by molar-refractivity contribution is 0.0466. The number of aryl methyl sites for hydroxylation is 1. The molecule has 4 aromatic rings. The van der Waals surface area contributed by atoms with E-state index in [1.54, 1.807) is 6.07 Å². The molecular formula is C20H16N2O2. The smallest absolute Gasteiger partial charge is 0.357 e. The Bertz CT molecular complexity index is 1040. The van der Waals surface area contributed by atoms with Crippen molar-refractivity contribution in [3.05, 3.63) is 77.6 Å². The highest BCUT2D eigenvalue weighted by atomic mass is 16.5. The summed E-state index contributed by atoms with van der Waals surface area (Å²) in [6.45, 7) is 2.14. The van der Waals surface area contributed by atoms with Crippen LogP contribution in [0.5, 0.6) is 0 Å². The van der Waals surface area contributed by atoms with Gasteiger partial charge in [0, 0.05) is 16.3 Å². The summed E-state index contributed by atoms with van der Waals surface area (Å²) in [7, 11) is 0. The maximum Gasteiger partial charge on any atom is 0.357 e. The van der Waals surface area contributed by atoms with Crippen LogP contribution in [0, 0.1) is 6.92 Å². The third-order valence-corrected chi connectivity index (χ3v) is 4.10. The highest BCUT2D eigenvalue weighted by molar-refractivity contribution is 6.09. The molecule has 2 aromatic heterocycles. The summed E-state index contributed by atoms with van der Waals surface area (Å²) in [6.07, 6.45) is 0. The fourth-order valence-electron chi connectivity index (χ4n) is 2.91. The second-order valence-corrected chi connectivity index (χ2v) is 5.75. The Morgan fingerprint density at radius 1 is 1.04 bits per heavy atom. The van der Waals surface area contributed by atoms with Gasteiger partial charge in [0.2, 0.25) is 0 Å². The number of nitrogens with one attached hydrogen (secondary N) is 1. The number of rotatable bonds is 3. The van der Waals surface area contributed by atoms with E-state index in [1.165, 1.54) is 0 Å². The van der Waals surface area contributed by atoms with Gasteiger partial charge in [-0.25, -0.2) is 9.78 Å². The predicted molar refractivity (Wildman–Crippen MR) is 93.9 cm³/mol. The van der Waals surface area contributed by atoms with E-state index in [2.05, 4.69) is 9.97 Å². The van der Waals surface area contributed by atoms with Gasteiger partial charge in [0.1, 0.15) is 12.3 Å². The Kier molecular flexibility index (Phi) is 3.50. The summed E-state index contributed by atoms with van der Waals surface area (Å²) in [5, 5.41) is 2.07. The number of para-hydroxylation sites is 1. The normalized spacial score (nSPS) is 11.0. The first kappa shape index (κ1) is 14.5. The number of carbonyl (C=O) groups is 1. The van der Waals surface area contributed by atoms with E-state index in [0.717, 1.165) is 33.1 Å². The number of pyridine rings is 1. The molecule has 0 spiro atoms. The lowest BCUT2D eigenvalue weighted by atomic mass is 10.1. The highest BCUT2D eigenvalue weighted by Crippen LogP contribution is 2.27. The number of hydrogen-bond donors (Lipinski definition) is 1. The lowest BCUT2D eigenvalue weighted by Gasteiger charge is -2.06. The number of carbonyl (C=O) groups excluding carboxylic acids is 1. The predicted octanol–water partition coefficient (Wildman–Crippen LogP) is 4.38. The SMILES string of the molecule is Cc1nc(C(=O)OCc2ccccc2)cc2c1[nH]c1ccccc12. The van der Waals surface area contributed by atoms with Gasteiger partial charge in [-0.05, 0) is 24.6 Å². The van der Waals surface area contributed by atoms with Gasteiger partial charge in [0.15, 0.2) is 0 Å². The minimum atomic E-state index is -0.408. The summed E-state index contributed by atoms with van der Waals surface area (Å²) in [6, 6.07) is 19.4. The molecule has 2 heterocycles. The van der Waals surface area contributed by atoms with Crippen LogP contribution < -0.4 is 0 Å². The fraction of sp³-hybridized carbons (Fsp3) is 0.100. The van der Waals surface area contributed by atoms with Gasteiger partial charge in [0.05, 0.1) is 11.2 Å². The topological polar surface area (TPSA) is 55.0 Å². The van der Waals surface area contributed by atoms with Crippen molar-refractivity contribution in [1.29, 1.82) is 0 Å². The number of nitrogens with zero attached hydrogens (tertiary/aromatic N) is 1.